The molecule has 1 heterocycles. The average molecular weight is 382 g/mol. The highest BCUT2D eigenvalue weighted by Crippen LogP contribution is 2.43. The van der Waals surface area contributed by atoms with Crippen molar-refractivity contribution < 1.29 is 19.0 Å². The second kappa shape index (κ2) is 8.52. The van der Waals surface area contributed by atoms with E-state index in [0.29, 0.717) is 25.7 Å². The minimum Gasteiger partial charge on any atom is -0.486 e. The van der Waals surface area contributed by atoms with Crippen LogP contribution in [0.3, 0.4) is 0 Å². The summed E-state index contributed by atoms with van der Waals surface area (Å²) in [6.07, 6.45) is 2.98. The summed E-state index contributed by atoms with van der Waals surface area (Å²) in [7, 11) is 1.68. The normalized spacial score (nSPS) is 16.3. The van der Waals surface area contributed by atoms with Crippen LogP contribution in [0, 0.1) is 5.92 Å². The van der Waals surface area contributed by atoms with Crippen molar-refractivity contribution in [3.63, 3.8) is 0 Å². The number of amides is 2. The smallest absolute Gasteiger partial charge is 0.319 e. The third-order valence-corrected chi connectivity index (χ3v) is 5.15. The fourth-order valence-corrected chi connectivity index (χ4v) is 3.53. The number of methoxy groups -OCH3 is 1. The lowest BCUT2D eigenvalue weighted by Crippen LogP contribution is -2.34. The summed E-state index contributed by atoms with van der Waals surface area (Å²) in [5.41, 5.74) is 2.92. The molecule has 1 aliphatic heterocycles. The molecule has 0 spiro atoms. The van der Waals surface area contributed by atoms with Gasteiger partial charge in [0.05, 0.1) is 12.6 Å². The van der Waals surface area contributed by atoms with Crippen LogP contribution in [-0.4, -0.2) is 33.0 Å². The molecule has 2 aromatic carbocycles. The van der Waals surface area contributed by atoms with Crippen LogP contribution < -0.4 is 20.1 Å². The van der Waals surface area contributed by atoms with E-state index in [4.69, 9.17) is 14.2 Å². The van der Waals surface area contributed by atoms with Gasteiger partial charge in [0.2, 0.25) is 0 Å². The number of rotatable bonds is 7. The number of hydrogen-bond acceptors (Lipinski definition) is 4. The Morgan fingerprint density at radius 1 is 1.14 bits per heavy atom. The predicted molar refractivity (Wildman–Crippen MR) is 107 cm³/mol. The molecule has 1 atom stereocenters. The van der Waals surface area contributed by atoms with Crippen molar-refractivity contribution in [2.24, 2.45) is 5.92 Å². The number of fused-ring (bicyclic) bond motifs is 1. The lowest BCUT2D eigenvalue weighted by Gasteiger charge is -2.23. The highest BCUT2D eigenvalue weighted by Gasteiger charge is 2.34. The molecule has 1 fully saturated rings. The molecule has 0 bridgehead atoms. The summed E-state index contributed by atoms with van der Waals surface area (Å²) in [6, 6.07) is 13.5. The molecule has 0 saturated heterocycles. The first-order chi connectivity index (χ1) is 13.7. The second-order valence-electron chi connectivity index (χ2n) is 7.22. The maximum absolute atomic E-state index is 12.7. The Morgan fingerprint density at radius 2 is 1.93 bits per heavy atom. The van der Waals surface area contributed by atoms with E-state index < -0.39 is 0 Å². The van der Waals surface area contributed by atoms with Gasteiger partial charge in [-0.2, -0.15) is 0 Å². The van der Waals surface area contributed by atoms with E-state index in [-0.39, 0.29) is 12.1 Å². The molecule has 2 aromatic rings. The van der Waals surface area contributed by atoms with Gasteiger partial charge in [0.1, 0.15) is 13.2 Å². The average Bonchev–Trinajstić information content (AvgIpc) is 3.56. The first-order valence-electron chi connectivity index (χ1n) is 9.78. The monoisotopic (exact) mass is 382 g/mol. The van der Waals surface area contributed by atoms with Gasteiger partial charge in [-0.3, -0.25) is 0 Å². The highest BCUT2D eigenvalue weighted by atomic mass is 16.6. The summed E-state index contributed by atoms with van der Waals surface area (Å²) in [5, 5.41) is 6.16. The second-order valence-corrected chi connectivity index (χ2v) is 7.22. The SMILES string of the molecule is COCCc1ccccc1NC(=O)NC(c1ccc2c(c1)OCCO2)C1CC1. The topological polar surface area (TPSA) is 68.8 Å². The number of anilines is 1. The van der Waals surface area contributed by atoms with Crippen molar-refractivity contribution in [2.75, 3.05) is 32.2 Å². The zero-order chi connectivity index (χ0) is 19.3. The van der Waals surface area contributed by atoms with Gasteiger partial charge < -0.3 is 24.8 Å². The molecule has 2 aliphatic rings. The number of ether oxygens (including phenoxy) is 3. The van der Waals surface area contributed by atoms with Crippen LogP contribution in [0.4, 0.5) is 10.5 Å². The predicted octanol–water partition coefficient (Wildman–Crippen LogP) is 3.92. The minimum atomic E-state index is -0.198. The molecule has 1 saturated carbocycles. The first-order valence-corrected chi connectivity index (χ1v) is 9.78. The highest BCUT2D eigenvalue weighted by molar-refractivity contribution is 5.90. The Bertz CT molecular complexity index is 835. The van der Waals surface area contributed by atoms with E-state index in [2.05, 4.69) is 10.6 Å². The van der Waals surface area contributed by atoms with E-state index in [1.54, 1.807) is 7.11 Å². The van der Waals surface area contributed by atoms with Crippen molar-refractivity contribution in [2.45, 2.75) is 25.3 Å². The van der Waals surface area contributed by atoms with Gasteiger partial charge in [0.25, 0.3) is 0 Å². The molecular formula is C22H26N2O4. The summed E-state index contributed by atoms with van der Waals surface area (Å²) in [5.74, 6) is 1.97. The molecule has 6 nitrogen and oxygen atoms in total. The van der Waals surface area contributed by atoms with Crippen molar-refractivity contribution >= 4 is 11.7 Å². The van der Waals surface area contributed by atoms with Crippen LogP contribution in [0.15, 0.2) is 42.5 Å². The number of nitrogens with one attached hydrogen (secondary N) is 2. The quantitative estimate of drug-likeness (QED) is 0.762. The Morgan fingerprint density at radius 3 is 2.71 bits per heavy atom. The Kier molecular flexibility index (Phi) is 5.67. The summed E-state index contributed by atoms with van der Waals surface area (Å²) >= 11 is 0. The van der Waals surface area contributed by atoms with Crippen LogP contribution in [0.25, 0.3) is 0 Å². The number of carbonyl (C=O) groups is 1. The van der Waals surface area contributed by atoms with Crippen LogP contribution >= 0.6 is 0 Å². The first kappa shape index (κ1) is 18.6. The summed E-state index contributed by atoms with van der Waals surface area (Å²) in [4.78, 5) is 12.7. The molecular weight excluding hydrogens is 356 g/mol. The van der Waals surface area contributed by atoms with Crippen molar-refractivity contribution in [3.05, 3.63) is 53.6 Å². The summed E-state index contributed by atoms with van der Waals surface area (Å²) < 4.78 is 16.5. The van der Waals surface area contributed by atoms with Gasteiger partial charge in [-0.05, 0) is 54.5 Å². The molecule has 0 aromatic heterocycles. The third-order valence-electron chi connectivity index (χ3n) is 5.15. The van der Waals surface area contributed by atoms with E-state index in [1.165, 1.54) is 0 Å². The fraction of sp³-hybridized carbons (Fsp3) is 0.409. The molecule has 2 amide bonds. The van der Waals surface area contributed by atoms with Crippen molar-refractivity contribution in [3.8, 4) is 11.5 Å². The maximum Gasteiger partial charge on any atom is 0.319 e. The van der Waals surface area contributed by atoms with Crippen molar-refractivity contribution in [1.82, 2.24) is 5.32 Å². The molecule has 148 valence electrons. The van der Waals surface area contributed by atoms with Gasteiger partial charge in [-0.15, -0.1) is 0 Å². The Balaban J connectivity index is 1.46. The van der Waals surface area contributed by atoms with Crippen molar-refractivity contribution in [1.29, 1.82) is 0 Å². The van der Waals surface area contributed by atoms with Gasteiger partial charge in [-0.25, -0.2) is 4.79 Å². The van der Waals surface area contributed by atoms with E-state index >= 15 is 0 Å². The Labute approximate surface area is 165 Å². The summed E-state index contributed by atoms with van der Waals surface area (Å²) in [6.45, 7) is 1.74. The molecule has 6 heteroatoms. The standard InChI is InChI=1S/C22H26N2O4/c1-26-11-10-15-4-2-3-5-18(15)23-22(25)24-21(16-6-7-16)17-8-9-19-20(14-17)28-13-12-27-19/h2-5,8-9,14,16,21H,6-7,10-13H2,1H3,(H2,23,24,25). The van der Waals surface area contributed by atoms with Crippen LogP contribution in [0.2, 0.25) is 0 Å². The molecule has 1 aliphatic carbocycles. The molecule has 1 unspecified atom stereocenters. The van der Waals surface area contributed by atoms with Crippen LogP contribution in [0.5, 0.6) is 11.5 Å². The van der Waals surface area contributed by atoms with E-state index in [9.17, 15) is 4.79 Å². The van der Waals surface area contributed by atoms with Gasteiger partial charge in [0, 0.05) is 12.8 Å². The van der Waals surface area contributed by atoms with Gasteiger partial charge in [0.15, 0.2) is 11.5 Å². The fourth-order valence-electron chi connectivity index (χ4n) is 3.53. The lowest BCUT2D eigenvalue weighted by atomic mass is 10.0. The van der Waals surface area contributed by atoms with E-state index in [1.807, 2.05) is 42.5 Å². The largest absolute Gasteiger partial charge is 0.486 e. The number of hydrogen-bond donors (Lipinski definition) is 2. The zero-order valence-corrected chi connectivity index (χ0v) is 16.1. The maximum atomic E-state index is 12.7. The number of carbonyl (C=O) groups excluding carboxylic acids is 1. The number of benzene rings is 2. The Hall–Kier alpha value is -2.73. The van der Waals surface area contributed by atoms with E-state index in [0.717, 1.165) is 47.6 Å². The molecule has 28 heavy (non-hydrogen) atoms. The van der Waals surface area contributed by atoms with Gasteiger partial charge in [-0.1, -0.05) is 24.3 Å². The van der Waals surface area contributed by atoms with Gasteiger partial charge >= 0.3 is 6.03 Å². The number of urea groups is 1. The third kappa shape index (κ3) is 4.39. The molecule has 0 radical (unpaired) electrons. The minimum absolute atomic E-state index is 0.0398. The number of para-hydroxylation sites is 1. The van der Waals surface area contributed by atoms with Crippen LogP contribution in [-0.2, 0) is 11.2 Å². The molecule has 4 rings (SSSR count). The zero-order valence-electron chi connectivity index (χ0n) is 16.1. The molecule has 2 N–H and O–H groups in total. The van der Waals surface area contributed by atoms with Crippen LogP contribution in [0.1, 0.15) is 30.0 Å². The lowest BCUT2D eigenvalue weighted by molar-refractivity contribution is 0.171.